The van der Waals surface area contributed by atoms with E-state index in [1.807, 2.05) is 52.6 Å². The zero-order chi connectivity index (χ0) is 24.1. The first-order chi connectivity index (χ1) is 16.5. The lowest BCUT2D eigenvalue weighted by molar-refractivity contribution is 0.176. The van der Waals surface area contributed by atoms with Crippen LogP contribution in [0.25, 0.3) is 29.1 Å². The number of nitrogens with zero attached hydrogens (tertiary/aromatic N) is 4. The van der Waals surface area contributed by atoms with Crippen molar-refractivity contribution < 1.29 is 19.0 Å². The van der Waals surface area contributed by atoms with Crippen LogP contribution in [0.4, 0.5) is 4.39 Å². The summed E-state index contributed by atoms with van der Waals surface area (Å²) in [6.07, 6.45) is 7.51. The number of hydrogen-bond donors (Lipinski definition) is 1. The Labute approximate surface area is 197 Å². The molecule has 2 aromatic carbocycles. The Kier molecular flexibility index (Phi) is 7.20. The maximum absolute atomic E-state index is 13.5. The average molecular weight is 463 g/mol. The number of aliphatic hydroxyl groups is 1. The van der Waals surface area contributed by atoms with E-state index in [4.69, 9.17) is 14.5 Å². The molecule has 4 rings (SSSR count). The molecule has 0 radical (unpaired) electrons. The monoisotopic (exact) mass is 462 g/mol. The molecule has 2 heterocycles. The molecule has 0 atom stereocenters. The van der Waals surface area contributed by atoms with Crippen LogP contribution in [0.2, 0.25) is 0 Å². The first-order valence-electron chi connectivity index (χ1n) is 10.9. The van der Waals surface area contributed by atoms with Gasteiger partial charge in [-0.2, -0.15) is 0 Å². The highest BCUT2D eigenvalue weighted by Gasteiger charge is 2.17. The summed E-state index contributed by atoms with van der Waals surface area (Å²) in [6, 6.07) is 12.1. The van der Waals surface area contributed by atoms with Crippen LogP contribution in [0.5, 0.6) is 5.75 Å². The Morgan fingerprint density at radius 1 is 1.09 bits per heavy atom. The second kappa shape index (κ2) is 10.5. The van der Waals surface area contributed by atoms with E-state index >= 15 is 0 Å². The van der Waals surface area contributed by atoms with Gasteiger partial charge in [-0.05, 0) is 55.0 Å². The van der Waals surface area contributed by atoms with Crippen molar-refractivity contribution in [2.45, 2.75) is 20.1 Å². The molecular formula is C26H27FN4O3. The second-order valence-electron chi connectivity index (χ2n) is 7.77. The lowest BCUT2D eigenvalue weighted by atomic mass is 10.1. The number of halogens is 1. The predicted molar refractivity (Wildman–Crippen MR) is 129 cm³/mol. The molecule has 0 fully saturated rings. The molecular weight excluding hydrogens is 435 g/mol. The second-order valence-corrected chi connectivity index (χ2v) is 7.77. The molecule has 0 aliphatic carbocycles. The summed E-state index contributed by atoms with van der Waals surface area (Å²) in [7, 11) is 3.24. The first kappa shape index (κ1) is 23.4. The van der Waals surface area contributed by atoms with Crippen molar-refractivity contribution >= 4 is 12.2 Å². The standard InChI is InChI=1S/C26H27FN4O3/c1-18-15-30(17-28-18)22-10-4-19(14-24(22)34-3)5-11-25-29-26(20-6-8-21(27)9-7-20)23(16-33-2)31(25)12-13-32/h4-11,14-15,17,32H,12-13,16H2,1-3H3/b11-5+. The largest absolute Gasteiger partial charge is 0.495 e. The fraction of sp³-hybridized carbons (Fsp3) is 0.231. The minimum absolute atomic E-state index is 0.0520. The highest BCUT2D eigenvalue weighted by atomic mass is 19.1. The number of rotatable bonds is 9. The number of ether oxygens (including phenoxy) is 2. The van der Waals surface area contributed by atoms with Crippen molar-refractivity contribution in [1.82, 2.24) is 19.1 Å². The first-order valence-corrected chi connectivity index (χ1v) is 10.9. The van der Waals surface area contributed by atoms with Gasteiger partial charge in [0.2, 0.25) is 0 Å². The maximum Gasteiger partial charge on any atom is 0.143 e. The minimum atomic E-state index is -0.310. The fourth-order valence-electron chi connectivity index (χ4n) is 3.84. The van der Waals surface area contributed by atoms with Crippen LogP contribution < -0.4 is 4.74 Å². The van der Waals surface area contributed by atoms with Gasteiger partial charge in [-0.3, -0.25) is 0 Å². The normalized spacial score (nSPS) is 11.4. The molecule has 2 aromatic heterocycles. The number of methoxy groups -OCH3 is 2. The molecule has 0 saturated heterocycles. The molecule has 0 spiro atoms. The van der Waals surface area contributed by atoms with Crippen LogP contribution in [0.15, 0.2) is 55.0 Å². The van der Waals surface area contributed by atoms with E-state index in [1.54, 1.807) is 32.7 Å². The number of benzene rings is 2. The molecule has 0 bridgehead atoms. The number of hydrogen-bond acceptors (Lipinski definition) is 5. The van der Waals surface area contributed by atoms with Crippen LogP contribution in [0, 0.1) is 12.7 Å². The molecule has 0 aliphatic rings. The zero-order valence-corrected chi connectivity index (χ0v) is 19.4. The third-order valence-electron chi connectivity index (χ3n) is 5.44. The van der Waals surface area contributed by atoms with Gasteiger partial charge in [0.05, 0.1) is 49.4 Å². The number of aryl methyl sites for hydroxylation is 1. The van der Waals surface area contributed by atoms with Crippen molar-refractivity contribution in [3.05, 3.63) is 83.6 Å². The van der Waals surface area contributed by atoms with Crippen LogP contribution in [0.1, 0.15) is 22.8 Å². The Hall–Kier alpha value is -3.75. The lowest BCUT2D eigenvalue weighted by Crippen LogP contribution is -2.09. The van der Waals surface area contributed by atoms with E-state index in [9.17, 15) is 9.50 Å². The van der Waals surface area contributed by atoms with Crippen molar-refractivity contribution in [2.24, 2.45) is 0 Å². The molecule has 0 amide bonds. The van der Waals surface area contributed by atoms with Crippen molar-refractivity contribution in [2.75, 3.05) is 20.8 Å². The molecule has 8 heteroatoms. The number of imidazole rings is 2. The number of aliphatic hydroxyl groups excluding tert-OH is 1. The summed E-state index contributed by atoms with van der Waals surface area (Å²) in [5, 5.41) is 9.66. The summed E-state index contributed by atoms with van der Waals surface area (Å²) in [6.45, 7) is 2.55. The van der Waals surface area contributed by atoms with Gasteiger partial charge >= 0.3 is 0 Å². The Bertz CT molecular complexity index is 1290. The van der Waals surface area contributed by atoms with Gasteiger partial charge in [0.15, 0.2) is 0 Å². The molecule has 7 nitrogen and oxygen atoms in total. The maximum atomic E-state index is 13.5. The van der Waals surface area contributed by atoms with E-state index < -0.39 is 0 Å². The summed E-state index contributed by atoms with van der Waals surface area (Å²) in [5.41, 5.74) is 5.02. The van der Waals surface area contributed by atoms with E-state index in [0.717, 1.165) is 28.2 Å². The Morgan fingerprint density at radius 2 is 1.88 bits per heavy atom. The SMILES string of the molecule is COCc1c(-c2ccc(F)cc2)nc(/C=C/c2ccc(-n3cnc(C)c3)c(OC)c2)n1CCO. The molecule has 1 N–H and O–H groups in total. The van der Waals surface area contributed by atoms with E-state index in [0.29, 0.717) is 30.4 Å². The highest BCUT2D eigenvalue weighted by Crippen LogP contribution is 2.28. The topological polar surface area (TPSA) is 74.3 Å². The van der Waals surface area contributed by atoms with Gasteiger partial charge in [0, 0.05) is 25.4 Å². The summed E-state index contributed by atoms with van der Waals surface area (Å²) in [5.74, 6) is 1.06. The molecule has 0 unspecified atom stereocenters. The number of aromatic nitrogens is 4. The summed E-state index contributed by atoms with van der Waals surface area (Å²) in [4.78, 5) is 9.07. The summed E-state index contributed by atoms with van der Waals surface area (Å²) >= 11 is 0. The Balaban J connectivity index is 1.72. The molecule has 0 aliphatic heterocycles. The van der Waals surface area contributed by atoms with Crippen molar-refractivity contribution in [3.63, 3.8) is 0 Å². The van der Waals surface area contributed by atoms with Crippen molar-refractivity contribution in [3.8, 4) is 22.7 Å². The van der Waals surface area contributed by atoms with Gasteiger partial charge < -0.3 is 23.7 Å². The van der Waals surface area contributed by atoms with E-state index in [2.05, 4.69) is 4.98 Å². The predicted octanol–water partition coefficient (Wildman–Crippen LogP) is 4.50. The molecule has 4 aromatic rings. The van der Waals surface area contributed by atoms with Crippen molar-refractivity contribution in [1.29, 1.82) is 0 Å². The third kappa shape index (κ3) is 4.93. The Morgan fingerprint density at radius 3 is 2.53 bits per heavy atom. The average Bonchev–Trinajstić information content (AvgIpc) is 3.42. The van der Waals surface area contributed by atoms with Crippen LogP contribution in [-0.4, -0.2) is 45.0 Å². The lowest BCUT2D eigenvalue weighted by Gasteiger charge is -2.10. The fourth-order valence-corrected chi connectivity index (χ4v) is 3.84. The molecule has 34 heavy (non-hydrogen) atoms. The smallest absolute Gasteiger partial charge is 0.143 e. The quantitative estimate of drug-likeness (QED) is 0.396. The third-order valence-corrected chi connectivity index (χ3v) is 5.44. The molecule has 176 valence electrons. The van der Waals surface area contributed by atoms with Gasteiger partial charge in [0.25, 0.3) is 0 Å². The highest BCUT2D eigenvalue weighted by molar-refractivity contribution is 5.72. The van der Waals surface area contributed by atoms with Gasteiger partial charge in [-0.1, -0.05) is 12.1 Å². The van der Waals surface area contributed by atoms with Gasteiger partial charge in [-0.25, -0.2) is 14.4 Å². The molecule has 0 saturated carbocycles. The van der Waals surface area contributed by atoms with Crippen LogP contribution in [0.3, 0.4) is 0 Å². The minimum Gasteiger partial charge on any atom is -0.495 e. The van der Waals surface area contributed by atoms with Crippen LogP contribution in [-0.2, 0) is 17.9 Å². The summed E-state index contributed by atoms with van der Waals surface area (Å²) < 4.78 is 28.3. The van der Waals surface area contributed by atoms with E-state index in [-0.39, 0.29) is 12.4 Å². The zero-order valence-electron chi connectivity index (χ0n) is 19.4. The van der Waals surface area contributed by atoms with Crippen LogP contribution >= 0.6 is 0 Å². The van der Waals surface area contributed by atoms with Gasteiger partial charge in [0.1, 0.15) is 17.4 Å². The van der Waals surface area contributed by atoms with E-state index in [1.165, 1.54) is 12.1 Å². The van der Waals surface area contributed by atoms with Gasteiger partial charge in [-0.15, -0.1) is 0 Å².